The molecule has 0 aliphatic heterocycles. The minimum absolute atomic E-state index is 0.0756. The van der Waals surface area contributed by atoms with E-state index in [-0.39, 0.29) is 6.42 Å². The van der Waals surface area contributed by atoms with Crippen molar-refractivity contribution in [3.8, 4) is 11.5 Å². The minimum Gasteiger partial charge on any atom is -0.497 e. The second kappa shape index (κ2) is 5.55. The van der Waals surface area contributed by atoms with E-state index in [4.69, 9.17) is 20.3 Å². The van der Waals surface area contributed by atoms with Crippen molar-refractivity contribution >= 4 is 5.97 Å². The summed E-state index contributed by atoms with van der Waals surface area (Å²) in [5, 5.41) is 9.12. The van der Waals surface area contributed by atoms with Crippen LogP contribution in [0.25, 0.3) is 0 Å². The highest BCUT2D eigenvalue weighted by molar-refractivity contribution is 5.81. The standard InChI is InChI=1S/C13H17NO4/c1-4-13(14,12(15)16)8-9-7-10(17-2)5-6-11(9)18-3/h4-7H,1,8,14H2,2-3H3,(H,15,16). The number of carboxylic acid groups (broad SMARTS) is 1. The smallest absolute Gasteiger partial charge is 0.328 e. The summed E-state index contributed by atoms with van der Waals surface area (Å²) in [6, 6.07) is 5.14. The Morgan fingerprint density at radius 1 is 1.50 bits per heavy atom. The molecule has 1 rings (SSSR count). The fraction of sp³-hybridized carbons (Fsp3) is 0.308. The predicted molar refractivity (Wildman–Crippen MR) is 68.0 cm³/mol. The van der Waals surface area contributed by atoms with Crippen molar-refractivity contribution in [3.63, 3.8) is 0 Å². The third-order valence-electron chi connectivity index (χ3n) is 2.73. The normalized spacial score (nSPS) is 13.5. The van der Waals surface area contributed by atoms with E-state index in [1.807, 2.05) is 0 Å². The van der Waals surface area contributed by atoms with Gasteiger partial charge in [-0.2, -0.15) is 0 Å². The first-order valence-corrected chi connectivity index (χ1v) is 5.33. The van der Waals surface area contributed by atoms with Crippen LogP contribution >= 0.6 is 0 Å². The molecular weight excluding hydrogens is 234 g/mol. The van der Waals surface area contributed by atoms with Crippen molar-refractivity contribution in [2.24, 2.45) is 5.73 Å². The molecule has 98 valence electrons. The summed E-state index contributed by atoms with van der Waals surface area (Å²) < 4.78 is 10.3. The zero-order valence-corrected chi connectivity index (χ0v) is 10.5. The molecule has 0 aromatic heterocycles. The molecule has 5 heteroatoms. The van der Waals surface area contributed by atoms with E-state index >= 15 is 0 Å². The molecule has 0 aliphatic carbocycles. The van der Waals surface area contributed by atoms with Crippen LogP contribution in [0.5, 0.6) is 11.5 Å². The Balaban J connectivity index is 3.15. The van der Waals surface area contributed by atoms with E-state index in [0.29, 0.717) is 17.1 Å². The van der Waals surface area contributed by atoms with Gasteiger partial charge in [0.2, 0.25) is 0 Å². The number of benzene rings is 1. The molecule has 0 amide bonds. The van der Waals surface area contributed by atoms with E-state index in [9.17, 15) is 4.79 Å². The van der Waals surface area contributed by atoms with Crippen LogP contribution in [0, 0.1) is 0 Å². The van der Waals surface area contributed by atoms with Crippen LogP contribution in [0.15, 0.2) is 30.9 Å². The number of carbonyl (C=O) groups is 1. The van der Waals surface area contributed by atoms with Crippen LogP contribution in [-0.4, -0.2) is 30.8 Å². The molecular formula is C13H17NO4. The fourth-order valence-electron chi connectivity index (χ4n) is 1.57. The summed E-state index contributed by atoms with van der Waals surface area (Å²) >= 11 is 0. The maximum atomic E-state index is 11.1. The van der Waals surface area contributed by atoms with Gasteiger partial charge in [-0.05, 0) is 18.2 Å². The van der Waals surface area contributed by atoms with Gasteiger partial charge in [0.25, 0.3) is 0 Å². The number of methoxy groups -OCH3 is 2. The Hall–Kier alpha value is -2.01. The number of nitrogens with two attached hydrogens (primary N) is 1. The zero-order chi connectivity index (χ0) is 13.8. The largest absolute Gasteiger partial charge is 0.497 e. The summed E-state index contributed by atoms with van der Waals surface area (Å²) in [6.07, 6.45) is 1.29. The van der Waals surface area contributed by atoms with Gasteiger partial charge in [-0.1, -0.05) is 6.08 Å². The molecule has 1 unspecified atom stereocenters. The Labute approximate surface area is 106 Å². The summed E-state index contributed by atoms with van der Waals surface area (Å²) in [5.41, 5.74) is 4.90. The molecule has 5 nitrogen and oxygen atoms in total. The second-order valence-electron chi connectivity index (χ2n) is 3.90. The molecule has 0 bridgehead atoms. The van der Waals surface area contributed by atoms with E-state index in [0.717, 1.165) is 0 Å². The van der Waals surface area contributed by atoms with Gasteiger partial charge in [0.05, 0.1) is 14.2 Å². The molecule has 3 N–H and O–H groups in total. The van der Waals surface area contributed by atoms with Gasteiger partial charge in [-0.15, -0.1) is 6.58 Å². The minimum atomic E-state index is -1.53. The lowest BCUT2D eigenvalue weighted by Crippen LogP contribution is -2.47. The molecule has 0 spiro atoms. The lowest BCUT2D eigenvalue weighted by atomic mass is 9.91. The van der Waals surface area contributed by atoms with Crippen molar-refractivity contribution in [3.05, 3.63) is 36.4 Å². The fourth-order valence-corrected chi connectivity index (χ4v) is 1.57. The topological polar surface area (TPSA) is 81.8 Å². The monoisotopic (exact) mass is 251 g/mol. The molecule has 1 atom stereocenters. The van der Waals surface area contributed by atoms with Crippen LogP contribution in [0.1, 0.15) is 5.56 Å². The summed E-state index contributed by atoms with van der Waals surface area (Å²) in [6.45, 7) is 3.47. The Kier molecular flexibility index (Phi) is 4.33. The molecule has 0 saturated heterocycles. The molecule has 1 aromatic rings. The van der Waals surface area contributed by atoms with E-state index in [2.05, 4.69) is 6.58 Å². The Bertz CT molecular complexity index is 458. The van der Waals surface area contributed by atoms with Crippen LogP contribution < -0.4 is 15.2 Å². The van der Waals surface area contributed by atoms with Gasteiger partial charge in [-0.3, -0.25) is 0 Å². The number of aliphatic carboxylic acids is 1. The average Bonchev–Trinajstić information content (AvgIpc) is 2.38. The van der Waals surface area contributed by atoms with E-state index < -0.39 is 11.5 Å². The molecule has 18 heavy (non-hydrogen) atoms. The summed E-state index contributed by atoms with van der Waals surface area (Å²) in [7, 11) is 3.05. The molecule has 0 aliphatic rings. The first-order chi connectivity index (χ1) is 8.46. The molecule has 0 saturated carbocycles. The van der Waals surface area contributed by atoms with Crippen molar-refractivity contribution in [1.82, 2.24) is 0 Å². The first-order valence-electron chi connectivity index (χ1n) is 5.33. The highest BCUT2D eigenvalue weighted by atomic mass is 16.5. The van der Waals surface area contributed by atoms with Crippen molar-refractivity contribution in [2.45, 2.75) is 12.0 Å². The molecule has 0 heterocycles. The number of rotatable bonds is 6. The van der Waals surface area contributed by atoms with Crippen molar-refractivity contribution in [1.29, 1.82) is 0 Å². The quantitative estimate of drug-likeness (QED) is 0.743. The number of carboxylic acids is 1. The van der Waals surface area contributed by atoms with Gasteiger partial charge < -0.3 is 20.3 Å². The predicted octanol–water partition coefficient (Wildman–Crippen LogP) is 1.21. The van der Waals surface area contributed by atoms with Crippen LogP contribution in [0.4, 0.5) is 0 Å². The van der Waals surface area contributed by atoms with Crippen LogP contribution in [0.2, 0.25) is 0 Å². The number of ether oxygens (including phenoxy) is 2. The average molecular weight is 251 g/mol. The first kappa shape index (κ1) is 14.1. The van der Waals surface area contributed by atoms with Gasteiger partial charge >= 0.3 is 5.97 Å². The van der Waals surface area contributed by atoms with Gasteiger partial charge in [0.15, 0.2) is 0 Å². The lowest BCUT2D eigenvalue weighted by molar-refractivity contribution is -0.141. The van der Waals surface area contributed by atoms with Crippen LogP contribution in [0.3, 0.4) is 0 Å². The molecule has 1 aromatic carbocycles. The second-order valence-corrected chi connectivity index (χ2v) is 3.90. The maximum absolute atomic E-state index is 11.1. The highest BCUT2D eigenvalue weighted by Gasteiger charge is 2.31. The Morgan fingerprint density at radius 3 is 2.61 bits per heavy atom. The summed E-state index contributed by atoms with van der Waals surface area (Å²) in [4.78, 5) is 11.1. The van der Waals surface area contributed by atoms with Gasteiger partial charge in [0.1, 0.15) is 17.0 Å². The molecule has 0 fully saturated rings. The lowest BCUT2D eigenvalue weighted by Gasteiger charge is -2.21. The summed E-state index contributed by atoms with van der Waals surface area (Å²) in [5.74, 6) is 0.0405. The van der Waals surface area contributed by atoms with Gasteiger partial charge in [-0.25, -0.2) is 4.79 Å². The van der Waals surface area contributed by atoms with E-state index in [1.54, 1.807) is 18.2 Å². The Morgan fingerprint density at radius 2 is 2.17 bits per heavy atom. The number of hydrogen-bond donors (Lipinski definition) is 2. The van der Waals surface area contributed by atoms with Crippen LogP contribution in [-0.2, 0) is 11.2 Å². The maximum Gasteiger partial charge on any atom is 0.328 e. The third kappa shape index (κ3) is 2.81. The molecule has 0 radical (unpaired) electrons. The SMILES string of the molecule is C=CC(N)(Cc1cc(OC)ccc1OC)C(=O)O. The third-order valence-corrected chi connectivity index (χ3v) is 2.73. The van der Waals surface area contributed by atoms with Gasteiger partial charge in [0, 0.05) is 12.0 Å². The van der Waals surface area contributed by atoms with Crippen molar-refractivity contribution < 1.29 is 19.4 Å². The zero-order valence-electron chi connectivity index (χ0n) is 10.5. The number of hydrogen-bond acceptors (Lipinski definition) is 4. The highest BCUT2D eigenvalue weighted by Crippen LogP contribution is 2.27. The van der Waals surface area contributed by atoms with E-state index in [1.165, 1.54) is 20.3 Å². The van der Waals surface area contributed by atoms with Crippen molar-refractivity contribution in [2.75, 3.05) is 14.2 Å².